The second kappa shape index (κ2) is 6.05. The number of benzene rings is 1. The van der Waals surface area contributed by atoms with E-state index in [2.05, 4.69) is 10.1 Å². The van der Waals surface area contributed by atoms with Crippen molar-refractivity contribution in [2.45, 2.75) is 19.1 Å². The first kappa shape index (κ1) is 14.4. The average molecular weight is 302 g/mol. The van der Waals surface area contributed by atoms with Gasteiger partial charge in [0.1, 0.15) is 25.3 Å². The third-order valence-corrected chi connectivity index (χ3v) is 3.61. The van der Waals surface area contributed by atoms with Gasteiger partial charge < -0.3 is 14.4 Å². The number of amides is 1. The lowest BCUT2D eigenvalue weighted by molar-refractivity contribution is -0.134. The lowest BCUT2D eigenvalue weighted by Gasteiger charge is -2.30. The number of ether oxygens (including phenoxy) is 2. The number of hydrogen-bond donors (Lipinski definition) is 0. The van der Waals surface area contributed by atoms with Gasteiger partial charge in [-0.05, 0) is 19.1 Å². The Morgan fingerprint density at radius 3 is 2.95 bits per heavy atom. The van der Waals surface area contributed by atoms with Gasteiger partial charge in [-0.2, -0.15) is 5.10 Å². The quantitative estimate of drug-likeness (QED) is 0.847. The molecule has 0 saturated heterocycles. The van der Waals surface area contributed by atoms with E-state index in [9.17, 15) is 4.79 Å². The summed E-state index contributed by atoms with van der Waals surface area (Å²) in [5.74, 6) is 1.40. The molecule has 0 saturated carbocycles. The summed E-state index contributed by atoms with van der Waals surface area (Å²) in [6.07, 6.45) is 2.76. The molecule has 2 atom stereocenters. The molecular formula is C15H18N4O3. The smallest absolute Gasteiger partial charge is 0.247 e. The van der Waals surface area contributed by atoms with Gasteiger partial charge in [0, 0.05) is 7.05 Å². The van der Waals surface area contributed by atoms with Crippen molar-refractivity contribution < 1.29 is 14.3 Å². The zero-order valence-corrected chi connectivity index (χ0v) is 12.5. The molecule has 0 spiro atoms. The number of likely N-dealkylation sites (N-methyl/N-ethyl adjacent to an activating group) is 1. The monoisotopic (exact) mass is 302 g/mol. The van der Waals surface area contributed by atoms with Gasteiger partial charge in [0.15, 0.2) is 17.6 Å². The second-order valence-corrected chi connectivity index (χ2v) is 5.27. The molecule has 1 aliphatic rings. The van der Waals surface area contributed by atoms with Crippen LogP contribution in [0.5, 0.6) is 11.5 Å². The summed E-state index contributed by atoms with van der Waals surface area (Å²) in [5.41, 5.74) is 0. The summed E-state index contributed by atoms with van der Waals surface area (Å²) in [6.45, 7) is 2.67. The molecule has 1 amide bonds. The average Bonchev–Trinajstić information content (AvgIpc) is 3.07. The van der Waals surface area contributed by atoms with Crippen LogP contribution in [-0.2, 0) is 4.79 Å². The minimum absolute atomic E-state index is 0.0482. The van der Waals surface area contributed by atoms with Crippen molar-refractivity contribution in [3.63, 3.8) is 0 Å². The fourth-order valence-electron chi connectivity index (χ4n) is 2.40. The van der Waals surface area contributed by atoms with Gasteiger partial charge in [-0.1, -0.05) is 12.1 Å². The number of nitrogens with zero attached hydrogens (tertiary/aromatic N) is 4. The molecule has 0 radical (unpaired) electrons. The van der Waals surface area contributed by atoms with Crippen molar-refractivity contribution in [1.29, 1.82) is 0 Å². The Balaban J connectivity index is 1.60. The molecule has 1 aliphatic heterocycles. The van der Waals surface area contributed by atoms with Crippen molar-refractivity contribution in [3.05, 3.63) is 36.9 Å². The number of aromatic nitrogens is 3. The van der Waals surface area contributed by atoms with E-state index in [-0.39, 0.29) is 12.0 Å². The summed E-state index contributed by atoms with van der Waals surface area (Å²) in [4.78, 5) is 17.9. The van der Waals surface area contributed by atoms with Gasteiger partial charge in [-0.3, -0.25) is 4.79 Å². The van der Waals surface area contributed by atoms with Crippen LogP contribution >= 0.6 is 0 Å². The SMILES string of the molecule is C[C@H](C(=O)N(C)C[C@H]1COc2ccccc2O1)n1cncn1. The number of carbonyl (C=O) groups is 1. The normalized spacial score (nSPS) is 17.8. The molecule has 2 heterocycles. The number of para-hydroxylation sites is 2. The Bertz CT molecular complexity index is 644. The minimum Gasteiger partial charge on any atom is -0.486 e. The maximum absolute atomic E-state index is 12.4. The first-order chi connectivity index (χ1) is 10.6. The van der Waals surface area contributed by atoms with E-state index in [0.29, 0.717) is 18.9 Å². The van der Waals surface area contributed by atoms with Crippen LogP contribution in [0.1, 0.15) is 13.0 Å². The molecule has 7 heteroatoms. The number of carbonyl (C=O) groups excluding carboxylic acids is 1. The first-order valence-electron chi connectivity index (χ1n) is 7.12. The van der Waals surface area contributed by atoms with Crippen LogP contribution in [0.25, 0.3) is 0 Å². The highest BCUT2D eigenvalue weighted by molar-refractivity contribution is 5.79. The molecular weight excluding hydrogens is 284 g/mol. The van der Waals surface area contributed by atoms with Crippen molar-refractivity contribution in [2.24, 2.45) is 0 Å². The molecule has 0 bridgehead atoms. The van der Waals surface area contributed by atoms with Crippen LogP contribution in [-0.4, -0.2) is 51.9 Å². The highest BCUT2D eigenvalue weighted by Crippen LogP contribution is 2.31. The zero-order chi connectivity index (χ0) is 15.5. The van der Waals surface area contributed by atoms with E-state index < -0.39 is 6.04 Å². The molecule has 3 rings (SSSR count). The number of hydrogen-bond acceptors (Lipinski definition) is 5. The lowest BCUT2D eigenvalue weighted by atomic mass is 10.2. The van der Waals surface area contributed by atoms with Crippen molar-refractivity contribution in [1.82, 2.24) is 19.7 Å². The van der Waals surface area contributed by atoms with Crippen molar-refractivity contribution in [3.8, 4) is 11.5 Å². The van der Waals surface area contributed by atoms with Crippen LogP contribution in [0.2, 0.25) is 0 Å². The molecule has 0 N–H and O–H groups in total. The van der Waals surface area contributed by atoms with Crippen LogP contribution in [0.4, 0.5) is 0 Å². The van der Waals surface area contributed by atoms with Crippen molar-refractivity contribution >= 4 is 5.91 Å². The van der Waals surface area contributed by atoms with E-state index >= 15 is 0 Å². The van der Waals surface area contributed by atoms with E-state index in [1.54, 1.807) is 18.9 Å². The van der Waals surface area contributed by atoms with Gasteiger partial charge in [0.05, 0.1) is 6.54 Å². The summed E-state index contributed by atoms with van der Waals surface area (Å²) in [5, 5.41) is 4.00. The standard InChI is InChI=1S/C15H18N4O3/c1-11(19-10-16-9-17-19)15(20)18(2)7-12-8-21-13-5-3-4-6-14(13)22-12/h3-6,9-12H,7-8H2,1-2H3/t11-,12+/m1/s1. The predicted molar refractivity (Wildman–Crippen MR) is 78.7 cm³/mol. The lowest BCUT2D eigenvalue weighted by Crippen LogP contribution is -2.43. The van der Waals surface area contributed by atoms with Gasteiger partial charge in [0.25, 0.3) is 0 Å². The number of rotatable bonds is 4. The fourth-order valence-corrected chi connectivity index (χ4v) is 2.40. The molecule has 0 unspecified atom stereocenters. The van der Waals surface area contributed by atoms with E-state index in [1.165, 1.54) is 17.3 Å². The molecule has 1 aromatic carbocycles. The third-order valence-electron chi connectivity index (χ3n) is 3.61. The highest BCUT2D eigenvalue weighted by atomic mass is 16.6. The predicted octanol–water partition coefficient (Wildman–Crippen LogP) is 1.14. The van der Waals surface area contributed by atoms with Gasteiger partial charge in [-0.15, -0.1) is 0 Å². The Hall–Kier alpha value is -2.57. The fraction of sp³-hybridized carbons (Fsp3) is 0.400. The molecule has 1 aromatic heterocycles. The Labute approximate surface area is 128 Å². The summed E-state index contributed by atoms with van der Waals surface area (Å²) in [7, 11) is 1.75. The first-order valence-corrected chi connectivity index (χ1v) is 7.12. The summed E-state index contributed by atoms with van der Waals surface area (Å²) < 4.78 is 13.1. The van der Waals surface area contributed by atoms with Crippen LogP contribution in [0.3, 0.4) is 0 Å². The largest absolute Gasteiger partial charge is 0.486 e. The Morgan fingerprint density at radius 2 is 2.23 bits per heavy atom. The van der Waals surface area contributed by atoms with Gasteiger partial charge in [0.2, 0.25) is 5.91 Å². The zero-order valence-electron chi connectivity index (χ0n) is 12.5. The van der Waals surface area contributed by atoms with Gasteiger partial charge in [-0.25, -0.2) is 9.67 Å². The Kier molecular flexibility index (Phi) is 3.95. The van der Waals surface area contributed by atoms with Crippen molar-refractivity contribution in [2.75, 3.05) is 20.2 Å². The maximum Gasteiger partial charge on any atom is 0.247 e. The van der Waals surface area contributed by atoms with Crippen LogP contribution < -0.4 is 9.47 Å². The van der Waals surface area contributed by atoms with E-state index in [0.717, 1.165) is 5.75 Å². The van der Waals surface area contributed by atoms with Crippen LogP contribution in [0.15, 0.2) is 36.9 Å². The topological polar surface area (TPSA) is 69.5 Å². The molecule has 0 fully saturated rings. The van der Waals surface area contributed by atoms with Crippen LogP contribution in [0, 0.1) is 0 Å². The second-order valence-electron chi connectivity index (χ2n) is 5.27. The minimum atomic E-state index is -0.399. The molecule has 22 heavy (non-hydrogen) atoms. The summed E-state index contributed by atoms with van der Waals surface area (Å²) >= 11 is 0. The van der Waals surface area contributed by atoms with E-state index in [4.69, 9.17) is 9.47 Å². The highest BCUT2D eigenvalue weighted by Gasteiger charge is 2.26. The Morgan fingerprint density at radius 1 is 1.45 bits per heavy atom. The molecule has 2 aromatic rings. The maximum atomic E-state index is 12.4. The molecule has 116 valence electrons. The molecule has 7 nitrogen and oxygen atoms in total. The third kappa shape index (κ3) is 2.88. The number of fused-ring (bicyclic) bond motifs is 1. The molecule has 0 aliphatic carbocycles. The summed E-state index contributed by atoms with van der Waals surface area (Å²) in [6, 6.07) is 7.13. The van der Waals surface area contributed by atoms with Gasteiger partial charge >= 0.3 is 0 Å². The van der Waals surface area contributed by atoms with E-state index in [1.807, 2.05) is 24.3 Å².